The van der Waals surface area contributed by atoms with E-state index in [-0.39, 0.29) is 12.3 Å². The number of rotatable bonds is 4. The van der Waals surface area contributed by atoms with Gasteiger partial charge in [0.2, 0.25) is 11.8 Å². The predicted molar refractivity (Wildman–Crippen MR) is 84.3 cm³/mol. The lowest BCUT2D eigenvalue weighted by molar-refractivity contribution is -0.134. The van der Waals surface area contributed by atoms with Crippen LogP contribution in [-0.4, -0.2) is 30.9 Å². The molecule has 2 rings (SSSR count). The van der Waals surface area contributed by atoms with E-state index in [1.165, 1.54) is 7.11 Å². The average Bonchev–Trinajstić information content (AvgIpc) is 2.49. The Morgan fingerprint density at radius 3 is 2.81 bits per heavy atom. The molecule has 0 spiro atoms. The lowest BCUT2D eigenvalue weighted by Crippen LogP contribution is -2.52. The number of hydrogen-bond donors (Lipinski definition) is 3. The van der Waals surface area contributed by atoms with Crippen LogP contribution in [0.3, 0.4) is 0 Å². The molecule has 1 heterocycles. The molecule has 112 valence electrons. The van der Waals surface area contributed by atoms with Crippen molar-refractivity contribution in [3.05, 3.63) is 23.8 Å². The summed E-state index contributed by atoms with van der Waals surface area (Å²) in [5.41, 5.74) is 0.981. The van der Waals surface area contributed by atoms with Crippen molar-refractivity contribution in [2.75, 3.05) is 10.6 Å². The normalized spacial score (nSPS) is 17.9. The van der Waals surface area contributed by atoms with Crippen LogP contribution in [0.4, 0.5) is 5.69 Å². The van der Waals surface area contributed by atoms with Crippen molar-refractivity contribution in [2.24, 2.45) is 0 Å². The number of methoxy groups -OCH3 is 1. The summed E-state index contributed by atoms with van der Waals surface area (Å²) in [6.07, 6.45) is 0.513. The third-order valence-electron chi connectivity index (χ3n) is 3.12. The summed E-state index contributed by atoms with van der Waals surface area (Å²) >= 11 is 1.92. The summed E-state index contributed by atoms with van der Waals surface area (Å²) in [5.74, 6) is -0.658. The highest BCUT2D eigenvalue weighted by atomic mass is 127. The van der Waals surface area contributed by atoms with Gasteiger partial charge in [0.15, 0.2) is 0 Å². The fourth-order valence-corrected chi connectivity index (χ4v) is 2.46. The minimum atomic E-state index is -0.705. The Labute approximate surface area is 135 Å². The second-order valence-electron chi connectivity index (χ2n) is 4.48. The zero-order chi connectivity index (χ0) is 15.4. The first kappa shape index (κ1) is 15.5. The third-order valence-corrected chi connectivity index (χ3v) is 3.70. The molecule has 8 heteroatoms. The molecular formula is C13H14IN3O4. The number of anilines is 1. The van der Waals surface area contributed by atoms with Crippen molar-refractivity contribution < 1.29 is 19.1 Å². The first-order valence-corrected chi connectivity index (χ1v) is 7.32. The zero-order valence-electron chi connectivity index (χ0n) is 11.2. The van der Waals surface area contributed by atoms with Gasteiger partial charge in [0, 0.05) is 6.42 Å². The molecule has 1 aliphatic heterocycles. The number of piperidine rings is 1. The molecule has 1 unspecified atom stereocenters. The lowest BCUT2D eigenvalue weighted by Gasteiger charge is -2.22. The van der Waals surface area contributed by atoms with Crippen molar-refractivity contribution in [2.45, 2.75) is 18.9 Å². The second-order valence-corrected chi connectivity index (χ2v) is 5.02. The van der Waals surface area contributed by atoms with Crippen LogP contribution in [0.15, 0.2) is 18.2 Å². The van der Waals surface area contributed by atoms with E-state index in [4.69, 9.17) is 4.74 Å². The Hall–Kier alpha value is -1.84. The molecule has 0 bridgehead atoms. The number of imide groups is 1. The Kier molecular flexibility index (Phi) is 4.99. The number of carbonyl (C=O) groups is 3. The molecule has 1 aromatic rings. The highest BCUT2D eigenvalue weighted by Gasteiger charge is 2.28. The monoisotopic (exact) mass is 403 g/mol. The number of carbonyl (C=O) groups excluding carboxylic acids is 3. The Bertz CT molecular complexity index is 591. The van der Waals surface area contributed by atoms with E-state index in [1.54, 1.807) is 18.2 Å². The summed E-state index contributed by atoms with van der Waals surface area (Å²) in [5, 5.41) is 4.83. The number of amides is 3. The number of ether oxygens (including phenoxy) is 1. The van der Waals surface area contributed by atoms with E-state index in [1.807, 2.05) is 22.9 Å². The average molecular weight is 403 g/mol. The number of halogens is 1. The molecule has 1 saturated heterocycles. The minimum Gasteiger partial charge on any atom is -0.497 e. The molecule has 7 nitrogen and oxygen atoms in total. The van der Waals surface area contributed by atoms with Gasteiger partial charge in [-0.15, -0.1) is 0 Å². The van der Waals surface area contributed by atoms with Gasteiger partial charge in [-0.25, -0.2) is 0 Å². The van der Waals surface area contributed by atoms with E-state index in [0.29, 0.717) is 23.4 Å². The Morgan fingerprint density at radius 1 is 1.43 bits per heavy atom. The van der Waals surface area contributed by atoms with Gasteiger partial charge in [0.25, 0.3) is 5.91 Å². The summed E-state index contributed by atoms with van der Waals surface area (Å²) in [6, 6.07) is 4.32. The largest absolute Gasteiger partial charge is 0.497 e. The van der Waals surface area contributed by atoms with Crippen LogP contribution in [0.5, 0.6) is 5.75 Å². The van der Waals surface area contributed by atoms with Crippen LogP contribution in [-0.2, 0) is 9.59 Å². The molecule has 3 amide bonds. The van der Waals surface area contributed by atoms with Gasteiger partial charge in [-0.05, 0) is 24.6 Å². The highest BCUT2D eigenvalue weighted by molar-refractivity contribution is 14.1. The van der Waals surface area contributed by atoms with Crippen molar-refractivity contribution in [1.29, 1.82) is 0 Å². The SMILES string of the molecule is COc1ccc(NI)c(C(=O)NC2CCC(=O)NC2=O)c1. The molecule has 3 N–H and O–H groups in total. The number of hydrogen-bond acceptors (Lipinski definition) is 5. The minimum absolute atomic E-state index is 0.214. The van der Waals surface area contributed by atoms with E-state index >= 15 is 0 Å². The molecule has 21 heavy (non-hydrogen) atoms. The Balaban J connectivity index is 2.16. The van der Waals surface area contributed by atoms with Gasteiger partial charge >= 0.3 is 0 Å². The van der Waals surface area contributed by atoms with E-state index in [2.05, 4.69) is 14.2 Å². The van der Waals surface area contributed by atoms with Crippen LogP contribution >= 0.6 is 22.9 Å². The number of nitrogens with one attached hydrogen (secondary N) is 3. The predicted octanol–water partition coefficient (Wildman–Crippen LogP) is 0.992. The molecule has 1 atom stereocenters. The topological polar surface area (TPSA) is 96.5 Å². The summed E-state index contributed by atoms with van der Waals surface area (Å²) in [6.45, 7) is 0. The van der Waals surface area contributed by atoms with E-state index in [9.17, 15) is 14.4 Å². The number of benzene rings is 1. The third kappa shape index (κ3) is 3.63. The van der Waals surface area contributed by atoms with Crippen LogP contribution in [0, 0.1) is 0 Å². The van der Waals surface area contributed by atoms with Gasteiger partial charge in [-0.3, -0.25) is 19.7 Å². The second kappa shape index (κ2) is 6.74. The van der Waals surface area contributed by atoms with Gasteiger partial charge < -0.3 is 13.6 Å². The lowest BCUT2D eigenvalue weighted by atomic mass is 10.0. The van der Waals surface area contributed by atoms with Crippen LogP contribution in [0.1, 0.15) is 23.2 Å². The van der Waals surface area contributed by atoms with Crippen LogP contribution in [0.2, 0.25) is 0 Å². The van der Waals surface area contributed by atoms with Gasteiger partial charge in [-0.1, -0.05) is 0 Å². The maximum Gasteiger partial charge on any atom is 0.254 e. The fraction of sp³-hybridized carbons (Fsp3) is 0.308. The van der Waals surface area contributed by atoms with E-state index in [0.717, 1.165) is 0 Å². The maximum absolute atomic E-state index is 12.3. The quantitative estimate of drug-likeness (QED) is 0.396. The summed E-state index contributed by atoms with van der Waals surface area (Å²) < 4.78 is 7.98. The summed E-state index contributed by atoms with van der Waals surface area (Å²) in [7, 11) is 1.51. The molecule has 0 radical (unpaired) electrons. The van der Waals surface area contributed by atoms with Crippen molar-refractivity contribution in [3.63, 3.8) is 0 Å². The standard InChI is InChI=1S/C13H14IN3O4/c1-21-7-2-3-9(17-14)8(6-7)12(19)15-10-4-5-11(18)16-13(10)20/h2-3,6,10,17H,4-5H2,1H3,(H,15,19)(H,16,18,20). The molecule has 1 aromatic carbocycles. The van der Waals surface area contributed by atoms with Crippen molar-refractivity contribution in [1.82, 2.24) is 10.6 Å². The van der Waals surface area contributed by atoms with Gasteiger partial charge in [0.05, 0.1) is 41.2 Å². The van der Waals surface area contributed by atoms with Crippen LogP contribution in [0.25, 0.3) is 0 Å². The fourth-order valence-electron chi connectivity index (χ4n) is 1.99. The Morgan fingerprint density at radius 2 is 2.19 bits per heavy atom. The van der Waals surface area contributed by atoms with Crippen molar-refractivity contribution in [3.8, 4) is 5.75 Å². The first-order valence-electron chi connectivity index (χ1n) is 6.24. The molecule has 1 aliphatic rings. The smallest absolute Gasteiger partial charge is 0.254 e. The van der Waals surface area contributed by atoms with Gasteiger partial charge in [-0.2, -0.15) is 0 Å². The van der Waals surface area contributed by atoms with Gasteiger partial charge in [0.1, 0.15) is 11.8 Å². The van der Waals surface area contributed by atoms with Crippen molar-refractivity contribution >= 4 is 46.3 Å². The molecule has 0 aromatic heterocycles. The first-order chi connectivity index (χ1) is 10.0. The highest BCUT2D eigenvalue weighted by Crippen LogP contribution is 2.23. The van der Waals surface area contributed by atoms with E-state index < -0.39 is 17.9 Å². The molecule has 1 fully saturated rings. The molecule has 0 aliphatic carbocycles. The molecular weight excluding hydrogens is 389 g/mol. The zero-order valence-corrected chi connectivity index (χ0v) is 13.4. The maximum atomic E-state index is 12.3. The van der Waals surface area contributed by atoms with Crippen LogP contribution < -0.4 is 18.9 Å². The summed E-state index contributed by atoms with van der Waals surface area (Å²) in [4.78, 5) is 35.1. The molecule has 0 saturated carbocycles.